The maximum absolute atomic E-state index is 10.5. The van der Waals surface area contributed by atoms with Gasteiger partial charge < -0.3 is 10.4 Å². The van der Waals surface area contributed by atoms with Crippen LogP contribution in [0, 0.1) is 17.2 Å². The third-order valence-electron chi connectivity index (χ3n) is 3.70. The van der Waals surface area contributed by atoms with Crippen molar-refractivity contribution in [2.24, 2.45) is 5.92 Å². The molecule has 18 heavy (non-hydrogen) atoms. The lowest BCUT2D eigenvalue weighted by Crippen LogP contribution is -2.41. The topological polar surface area (TPSA) is 56.0 Å². The maximum atomic E-state index is 10.5. The molecule has 0 radical (unpaired) electrons. The van der Waals surface area contributed by atoms with Crippen LogP contribution < -0.4 is 5.32 Å². The van der Waals surface area contributed by atoms with E-state index in [1.54, 1.807) is 12.1 Å². The lowest BCUT2D eigenvalue weighted by atomic mass is 9.79. The molecule has 1 aromatic carbocycles. The van der Waals surface area contributed by atoms with Crippen molar-refractivity contribution in [3.8, 4) is 6.07 Å². The number of nitrogens with zero attached hydrogens (tertiary/aromatic N) is 1. The number of hydrogen-bond donors (Lipinski definition) is 2. The Morgan fingerprint density at radius 3 is 2.78 bits per heavy atom. The van der Waals surface area contributed by atoms with Gasteiger partial charge in [0.25, 0.3) is 0 Å². The number of benzene rings is 1. The van der Waals surface area contributed by atoms with Gasteiger partial charge in [0, 0.05) is 12.2 Å². The van der Waals surface area contributed by atoms with E-state index >= 15 is 0 Å². The summed E-state index contributed by atoms with van der Waals surface area (Å²) in [5, 5.41) is 22.5. The van der Waals surface area contributed by atoms with E-state index in [1.165, 1.54) is 6.42 Å². The molecule has 1 saturated carbocycles. The molecule has 1 aliphatic rings. The normalized spacial score (nSPS) is 27.5. The molecule has 0 aliphatic heterocycles. The first-order valence-corrected chi connectivity index (χ1v) is 6.58. The Morgan fingerprint density at radius 1 is 1.44 bits per heavy atom. The zero-order valence-electron chi connectivity index (χ0n) is 10.8. The van der Waals surface area contributed by atoms with Crippen molar-refractivity contribution in [2.75, 3.05) is 11.9 Å². The van der Waals surface area contributed by atoms with Gasteiger partial charge in [0.1, 0.15) is 0 Å². The second-order valence-electron chi connectivity index (χ2n) is 5.47. The molecule has 3 heteroatoms. The number of anilines is 1. The minimum absolute atomic E-state index is 0.578. The van der Waals surface area contributed by atoms with Crippen LogP contribution in [0.1, 0.15) is 38.2 Å². The van der Waals surface area contributed by atoms with Crippen molar-refractivity contribution in [3.63, 3.8) is 0 Å². The highest BCUT2D eigenvalue weighted by molar-refractivity contribution is 5.47. The average Bonchev–Trinajstić information content (AvgIpc) is 2.37. The molecule has 0 aromatic heterocycles. The minimum atomic E-state index is -0.578. The Bertz CT molecular complexity index is 435. The molecule has 1 aliphatic carbocycles. The molecule has 3 nitrogen and oxygen atoms in total. The molecule has 0 spiro atoms. The van der Waals surface area contributed by atoms with E-state index in [9.17, 15) is 5.11 Å². The Hall–Kier alpha value is -1.53. The van der Waals surface area contributed by atoms with Gasteiger partial charge in [-0.3, -0.25) is 0 Å². The van der Waals surface area contributed by atoms with Crippen molar-refractivity contribution < 1.29 is 5.11 Å². The summed E-state index contributed by atoms with van der Waals surface area (Å²) >= 11 is 0. The van der Waals surface area contributed by atoms with Gasteiger partial charge in [-0.05, 0) is 43.0 Å². The van der Waals surface area contributed by atoms with E-state index in [0.29, 0.717) is 18.0 Å². The SMILES string of the molecule is CC1CCCC(O)(CNc2ccc(C#N)cc2)C1. The van der Waals surface area contributed by atoms with Crippen LogP contribution in [0.4, 0.5) is 5.69 Å². The highest BCUT2D eigenvalue weighted by atomic mass is 16.3. The average molecular weight is 244 g/mol. The fourth-order valence-corrected chi connectivity index (χ4v) is 2.72. The number of rotatable bonds is 3. The summed E-state index contributed by atoms with van der Waals surface area (Å²) in [5.41, 5.74) is 1.04. The molecule has 0 bridgehead atoms. The number of hydrogen-bond acceptors (Lipinski definition) is 3. The molecule has 1 aromatic rings. The monoisotopic (exact) mass is 244 g/mol. The molecule has 0 amide bonds. The summed E-state index contributed by atoms with van der Waals surface area (Å²) in [6, 6.07) is 9.44. The summed E-state index contributed by atoms with van der Waals surface area (Å²) in [5.74, 6) is 0.603. The Kier molecular flexibility index (Phi) is 3.88. The van der Waals surface area contributed by atoms with Crippen LogP contribution in [-0.4, -0.2) is 17.3 Å². The van der Waals surface area contributed by atoms with Gasteiger partial charge >= 0.3 is 0 Å². The van der Waals surface area contributed by atoms with Gasteiger partial charge in [-0.25, -0.2) is 0 Å². The first-order chi connectivity index (χ1) is 8.61. The number of aliphatic hydroxyl groups is 1. The second-order valence-corrected chi connectivity index (χ2v) is 5.47. The van der Waals surface area contributed by atoms with Crippen LogP contribution in [0.5, 0.6) is 0 Å². The van der Waals surface area contributed by atoms with Gasteiger partial charge in [0.15, 0.2) is 0 Å². The van der Waals surface area contributed by atoms with Gasteiger partial charge in [0.2, 0.25) is 0 Å². The Labute approximate surface area is 108 Å². The van der Waals surface area contributed by atoms with Crippen molar-refractivity contribution >= 4 is 5.69 Å². The summed E-state index contributed by atoms with van der Waals surface area (Å²) in [4.78, 5) is 0. The second kappa shape index (κ2) is 5.41. The van der Waals surface area contributed by atoms with Crippen LogP contribution in [0.2, 0.25) is 0 Å². The van der Waals surface area contributed by atoms with E-state index in [0.717, 1.165) is 24.9 Å². The van der Waals surface area contributed by atoms with Crippen LogP contribution in [0.25, 0.3) is 0 Å². The van der Waals surface area contributed by atoms with Gasteiger partial charge in [-0.15, -0.1) is 0 Å². The van der Waals surface area contributed by atoms with E-state index in [4.69, 9.17) is 5.26 Å². The zero-order chi connectivity index (χ0) is 13.0. The highest BCUT2D eigenvalue weighted by Crippen LogP contribution is 2.32. The van der Waals surface area contributed by atoms with E-state index in [-0.39, 0.29) is 0 Å². The van der Waals surface area contributed by atoms with Crippen LogP contribution >= 0.6 is 0 Å². The summed E-state index contributed by atoms with van der Waals surface area (Å²) in [6.07, 6.45) is 4.07. The van der Waals surface area contributed by atoms with Crippen LogP contribution in [0.3, 0.4) is 0 Å². The Balaban J connectivity index is 1.92. The quantitative estimate of drug-likeness (QED) is 0.859. The van der Waals surface area contributed by atoms with Gasteiger partial charge in [-0.2, -0.15) is 5.26 Å². The van der Waals surface area contributed by atoms with E-state index in [1.807, 2.05) is 12.1 Å². The standard InChI is InChI=1S/C15H20N2O/c1-12-3-2-8-15(18,9-12)11-17-14-6-4-13(10-16)5-7-14/h4-7,12,17-18H,2-3,8-9,11H2,1H3. The van der Waals surface area contributed by atoms with E-state index in [2.05, 4.69) is 18.3 Å². The fourth-order valence-electron chi connectivity index (χ4n) is 2.72. The van der Waals surface area contributed by atoms with Crippen molar-refractivity contribution in [2.45, 2.75) is 38.2 Å². The Morgan fingerprint density at radius 2 is 2.17 bits per heavy atom. The predicted octanol–water partition coefficient (Wildman–Crippen LogP) is 2.91. The van der Waals surface area contributed by atoms with Gasteiger partial charge in [0.05, 0.1) is 17.2 Å². The van der Waals surface area contributed by atoms with Crippen molar-refractivity contribution in [3.05, 3.63) is 29.8 Å². The third-order valence-corrected chi connectivity index (χ3v) is 3.70. The first kappa shape index (κ1) is 12.9. The molecule has 0 heterocycles. The van der Waals surface area contributed by atoms with Crippen molar-refractivity contribution in [1.29, 1.82) is 5.26 Å². The molecular weight excluding hydrogens is 224 g/mol. The highest BCUT2D eigenvalue weighted by Gasteiger charge is 2.32. The summed E-state index contributed by atoms with van der Waals surface area (Å²) < 4.78 is 0. The molecule has 2 atom stereocenters. The number of nitriles is 1. The van der Waals surface area contributed by atoms with Crippen LogP contribution in [0.15, 0.2) is 24.3 Å². The van der Waals surface area contributed by atoms with E-state index < -0.39 is 5.60 Å². The lowest BCUT2D eigenvalue weighted by Gasteiger charge is -2.35. The first-order valence-electron chi connectivity index (χ1n) is 6.58. The molecule has 1 fully saturated rings. The summed E-state index contributed by atoms with van der Waals surface area (Å²) in [7, 11) is 0. The molecule has 96 valence electrons. The molecular formula is C15H20N2O. The zero-order valence-corrected chi connectivity index (χ0v) is 10.8. The summed E-state index contributed by atoms with van der Waals surface area (Å²) in [6.45, 7) is 2.79. The molecule has 2 rings (SSSR count). The van der Waals surface area contributed by atoms with Crippen LogP contribution in [-0.2, 0) is 0 Å². The largest absolute Gasteiger partial charge is 0.388 e. The lowest BCUT2D eigenvalue weighted by molar-refractivity contribution is -0.000760. The maximum Gasteiger partial charge on any atom is 0.0991 e. The third kappa shape index (κ3) is 3.24. The molecule has 2 N–H and O–H groups in total. The van der Waals surface area contributed by atoms with Crippen molar-refractivity contribution in [1.82, 2.24) is 0 Å². The smallest absolute Gasteiger partial charge is 0.0991 e. The number of nitrogens with one attached hydrogen (secondary N) is 1. The predicted molar refractivity (Wildman–Crippen MR) is 72.2 cm³/mol. The molecule has 2 unspecified atom stereocenters. The molecule has 0 saturated heterocycles. The van der Waals surface area contributed by atoms with Gasteiger partial charge in [-0.1, -0.05) is 19.8 Å². The minimum Gasteiger partial charge on any atom is -0.388 e. The fraction of sp³-hybridized carbons (Fsp3) is 0.533.